The lowest BCUT2D eigenvalue weighted by molar-refractivity contribution is 0.332. The van der Waals surface area contributed by atoms with E-state index in [1.165, 1.54) is 31.5 Å². The maximum Gasteiger partial charge on any atom is 0.247 e. The van der Waals surface area contributed by atoms with Gasteiger partial charge in [-0.05, 0) is 49.0 Å². The number of nitrogens with one attached hydrogen (secondary N) is 1. The minimum absolute atomic E-state index is 0.151. The van der Waals surface area contributed by atoms with Crippen LogP contribution in [0.2, 0.25) is 0 Å². The molecule has 5 heteroatoms. The summed E-state index contributed by atoms with van der Waals surface area (Å²) >= 11 is 0. The van der Waals surface area contributed by atoms with Crippen molar-refractivity contribution >= 4 is 0 Å². The zero-order valence-corrected chi connectivity index (χ0v) is 15.0. The molecule has 0 saturated carbocycles. The molecule has 0 atom stereocenters. The second kappa shape index (κ2) is 7.45. The number of hydrogen-bond acceptors (Lipinski definition) is 5. The molecule has 0 radical (unpaired) electrons. The lowest BCUT2D eigenvalue weighted by atomic mass is 9.87. The SMILES string of the molecule is CC(C)(C)c1ccc(-c2nnc(CNCCN3CCCC3)o2)cc1. The Morgan fingerprint density at radius 3 is 2.46 bits per heavy atom. The highest BCUT2D eigenvalue weighted by Gasteiger charge is 2.15. The average Bonchev–Trinajstić information content (AvgIpc) is 3.23. The molecule has 130 valence electrons. The van der Waals surface area contributed by atoms with Gasteiger partial charge in [0.25, 0.3) is 0 Å². The second-order valence-corrected chi connectivity index (χ2v) is 7.55. The van der Waals surface area contributed by atoms with E-state index in [4.69, 9.17) is 4.42 Å². The monoisotopic (exact) mass is 328 g/mol. The Balaban J connectivity index is 1.51. The normalized spacial score (nSPS) is 16.0. The van der Waals surface area contributed by atoms with Crippen LogP contribution in [0.4, 0.5) is 0 Å². The smallest absolute Gasteiger partial charge is 0.247 e. The number of aromatic nitrogens is 2. The predicted octanol–water partition coefficient (Wildman–Crippen LogP) is 3.22. The number of hydrogen-bond donors (Lipinski definition) is 1. The third-order valence-electron chi connectivity index (χ3n) is 4.54. The molecule has 5 nitrogen and oxygen atoms in total. The van der Waals surface area contributed by atoms with Gasteiger partial charge in [0.15, 0.2) is 0 Å². The van der Waals surface area contributed by atoms with Gasteiger partial charge in [0.2, 0.25) is 11.8 Å². The molecule has 0 unspecified atom stereocenters. The average molecular weight is 328 g/mol. The van der Waals surface area contributed by atoms with E-state index in [0.717, 1.165) is 18.7 Å². The summed E-state index contributed by atoms with van der Waals surface area (Å²) in [5, 5.41) is 11.7. The van der Waals surface area contributed by atoms with Crippen LogP contribution in [-0.2, 0) is 12.0 Å². The Morgan fingerprint density at radius 2 is 1.79 bits per heavy atom. The molecule has 1 aromatic carbocycles. The maximum absolute atomic E-state index is 5.77. The fourth-order valence-electron chi connectivity index (χ4n) is 2.99. The van der Waals surface area contributed by atoms with E-state index in [9.17, 15) is 0 Å². The Labute approximate surface area is 144 Å². The van der Waals surface area contributed by atoms with Crippen LogP contribution >= 0.6 is 0 Å². The summed E-state index contributed by atoms with van der Waals surface area (Å²) in [4.78, 5) is 2.49. The molecule has 0 amide bonds. The summed E-state index contributed by atoms with van der Waals surface area (Å²) in [6, 6.07) is 8.37. The van der Waals surface area contributed by atoms with E-state index in [2.05, 4.69) is 65.5 Å². The third-order valence-corrected chi connectivity index (χ3v) is 4.54. The Kier molecular flexibility index (Phi) is 5.31. The summed E-state index contributed by atoms with van der Waals surface area (Å²) < 4.78 is 5.77. The van der Waals surface area contributed by atoms with Crippen molar-refractivity contribution in [1.29, 1.82) is 0 Å². The van der Waals surface area contributed by atoms with Crippen LogP contribution in [0.3, 0.4) is 0 Å². The van der Waals surface area contributed by atoms with Crippen molar-refractivity contribution in [2.75, 3.05) is 26.2 Å². The molecule has 1 aliphatic heterocycles. The first-order chi connectivity index (χ1) is 11.5. The van der Waals surface area contributed by atoms with Gasteiger partial charge in [-0.25, -0.2) is 0 Å². The summed E-state index contributed by atoms with van der Waals surface area (Å²) in [5.74, 6) is 1.23. The van der Waals surface area contributed by atoms with Crippen LogP contribution in [-0.4, -0.2) is 41.3 Å². The molecule has 0 aliphatic carbocycles. The fraction of sp³-hybridized carbons (Fsp3) is 0.579. The number of rotatable bonds is 6. The van der Waals surface area contributed by atoms with E-state index < -0.39 is 0 Å². The largest absolute Gasteiger partial charge is 0.419 e. The van der Waals surface area contributed by atoms with Crippen molar-refractivity contribution in [3.05, 3.63) is 35.7 Å². The van der Waals surface area contributed by atoms with Crippen LogP contribution in [0.1, 0.15) is 45.1 Å². The van der Waals surface area contributed by atoms with Crippen LogP contribution in [0.15, 0.2) is 28.7 Å². The maximum atomic E-state index is 5.77. The van der Waals surface area contributed by atoms with E-state index in [1.54, 1.807) is 0 Å². The topological polar surface area (TPSA) is 54.2 Å². The highest BCUT2D eigenvalue weighted by Crippen LogP contribution is 2.25. The van der Waals surface area contributed by atoms with E-state index >= 15 is 0 Å². The van der Waals surface area contributed by atoms with Gasteiger partial charge in [-0.3, -0.25) is 0 Å². The van der Waals surface area contributed by atoms with Gasteiger partial charge in [-0.2, -0.15) is 0 Å². The van der Waals surface area contributed by atoms with Gasteiger partial charge in [0, 0.05) is 18.7 Å². The molecule has 1 fully saturated rings. The molecule has 3 rings (SSSR count). The van der Waals surface area contributed by atoms with Crippen LogP contribution in [0.5, 0.6) is 0 Å². The molecule has 1 N–H and O–H groups in total. The van der Waals surface area contributed by atoms with Gasteiger partial charge in [0.05, 0.1) is 6.54 Å². The predicted molar refractivity (Wildman–Crippen MR) is 95.8 cm³/mol. The molecular weight excluding hydrogens is 300 g/mol. The molecule has 24 heavy (non-hydrogen) atoms. The minimum Gasteiger partial charge on any atom is -0.419 e. The third kappa shape index (κ3) is 4.42. The number of nitrogens with zero attached hydrogens (tertiary/aromatic N) is 3. The summed E-state index contributed by atoms with van der Waals surface area (Å²) in [7, 11) is 0. The Hall–Kier alpha value is -1.72. The molecule has 2 aromatic rings. The highest BCUT2D eigenvalue weighted by atomic mass is 16.4. The Morgan fingerprint density at radius 1 is 1.08 bits per heavy atom. The standard InChI is InChI=1S/C19H28N4O/c1-19(2,3)16-8-6-15(7-9-16)18-22-21-17(24-18)14-20-10-13-23-11-4-5-12-23/h6-9,20H,4-5,10-14H2,1-3H3. The van der Waals surface area contributed by atoms with Crippen LogP contribution in [0.25, 0.3) is 11.5 Å². The van der Waals surface area contributed by atoms with Crippen molar-refractivity contribution in [2.45, 2.75) is 45.6 Å². The summed E-state index contributed by atoms with van der Waals surface area (Å²) in [6.07, 6.45) is 2.67. The summed E-state index contributed by atoms with van der Waals surface area (Å²) in [5.41, 5.74) is 2.42. The highest BCUT2D eigenvalue weighted by molar-refractivity contribution is 5.53. The van der Waals surface area contributed by atoms with Gasteiger partial charge < -0.3 is 14.6 Å². The molecule has 2 heterocycles. The quantitative estimate of drug-likeness (QED) is 0.825. The lowest BCUT2D eigenvalue weighted by Crippen LogP contribution is -2.29. The van der Waals surface area contributed by atoms with Crippen molar-refractivity contribution in [1.82, 2.24) is 20.4 Å². The first-order valence-electron chi connectivity index (χ1n) is 8.89. The van der Waals surface area contributed by atoms with Crippen molar-refractivity contribution in [2.24, 2.45) is 0 Å². The lowest BCUT2D eigenvalue weighted by Gasteiger charge is -2.18. The molecular formula is C19H28N4O. The molecule has 1 aliphatic rings. The summed E-state index contributed by atoms with van der Waals surface area (Å²) in [6.45, 7) is 11.8. The molecule has 1 aromatic heterocycles. The zero-order chi connectivity index (χ0) is 17.0. The second-order valence-electron chi connectivity index (χ2n) is 7.55. The van der Waals surface area contributed by atoms with E-state index in [1.807, 2.05) is 0 Å². The molecule has 0 bridgehead atoms. The molecule has 1 saturated heterocycles. The van der Waals surface area contributed by atoms with Crippen LogP contribution in [0, 0.1) is 0 Å². The van der Waals surface area contributed by atoms with Crippen molar-refractivity contribution in [3.8, 4) is 11.5 Å². The number of benzene rings is 1. The molecule has 0 spiro atoms. The first kappa shape index (κ1) is 17.1. The van der Waals surface area contributed by atoms with E-state index in [0.29, 0.717) is 18.3 Å². The minimum atomic E-state index is 0.151. The van der Waals surface area contributed by atoms with E-state index in [-0.39, 0.29) is 5.41 Å². The van der Waals surface area contributed by atoms with Gasteiger partial charge >= 0.3 is 0 Å². The van der Waals surface area contributed by atoms with Crippen molar-refractivity contribution in [3.63, 3.8) is 0 Å². The number of likely N-dealkylation sites (tertiary alicyclic amines) is 1. The van der Waals surface area contributed by atoms with Gasteiger partial charge in [-0.15, -0.1) is 10.2 Å². The zero-order valence-electron chi connectivity index (χ0n) is 15.0. The van der Waals surface area contributed by atoms with Crippen LogP contribution < -0.4 is 5.32 Å². The Bertz CT molecular complexity index is 636. The van der Waals surface area contributed by atoms with Gasteiger partial charge in [0.1, 0.15) is 0 Å². The van der Waals surface area contributed by atoms with Crippen molar-refractivity contribution < 1.29 is 4.42 Å². The first-order valence-corrected chi connectivity index (χ1v) is 8.89. The fourth-order valence-corrected chi connectivity index (χ4v) is 2.99. The van der Waals surface area contributed by atoms with Gasteiger partial charge in [-0.1, -0.05) is 32.9 Å².